The molecule has 0 saturated heterocycles. The summed E-state index contributed by atoms with van der Waals surface area (Å²) >= 11 is 0. The van der Waals surface area contributed by atoms with Gasteiger partial charge in [0.05, 0.1) is 7.11 Å². The van der Waals surface area contributed by atoms with E-state index in [0.717, 1.165) is 28.7 Å². The molecular weight excluding hydrogens is 363 g/mol. The van der Waals surface area contributed by atoms with E-state index in [2.05, 4.69) is 48.2 Å². The van der Waals surface area contributed by atoms with Crippen LogP contribution in [-0.4, -0.2) is 13.7 Å². The largest absolute Gasteiger partial charge is 0.240 e. The van der Waals surface area contributed by atoms with Gasteiger partial charge in [-0.3, -0.25) is 0 Å². The molecule has 0 amide bonds. The molecule has 0 aliphatic rings. The first-order valence-corrected chi connectivity index (χ1v) is 9.70. The van der Waals surface area contributed by atoms with Crippen LogP contribution in [-0.2, 0) is 9.78 Å². The van der Waals surface area contributed by atoms with Crippen molar-refractivity contribution >= 4 is 17.2 Å². The molecule has 3 aromatic carbocycles. The predicted octanol–water partition coefficient (Wildman–Crippen LogP) is 6.79. The number of halogens is 1. The van der Waals surface area contributed by atoms with Crippen molar-refractivity contribution in [2.45, 2.75) is 13.3 Å². The zero-order chi connectivity index (χ0) is 20.5. The monoisotopic (exact) mass is 388 g/mol. The average Bonchev–Trinajstić information content (AvgIpc) is 2.77. The third kappa shape index (κ3) is 5.50. The lowest BCUT2D eigenvalue weighted by Gasteiger charge is -2.16. The maximum atomic E-state index is 13.5. The highest BCUT2D eigenvalue weighted by Gasteiger charge is 2.13. The van der Waals surface area contributed by atoms with Gasteiger partial charge in [-0.05, 0) is 52.0 Å². The highest BCUT2D eigenvalue weighted by atomic mass is 19.1. The van der Waals surface area contributed by atoms with Crippen LogP contribution in [0.25, 0.3) is 17.2 Å². The maximum absolute atomic E-state index is 13.5. The van der Waals surface area contributed by atoms with Gasteiger partial charge < -0.3 is 0 Å². The van der Waals surface area contributed by atoms with Gasteiger partial charge >= 0.3 is 0 Å². The van der Waals surface area contributed by atoms with E-state index in [1.165, 1.54) is 30.4 Å². The van der Waals surface area contributed by atoms with Gasteiger partial charge in [0, 0.05) is 0 Å². The van der Waals surface area contributed by atoms with Crippen LogP contribution >= 0.6 is 0 Å². The zero-order valence-corrected chi connectivity index (χ0v) is 16.8. The third-order valence-electron chi connectivity index (χ3n) is 4.70. The average molecular weight is 388 g/mol. The molecule has 0 spiro atoms. The molecule has 0 fully saturated rings. The normalized spacial score (nSPS) is 12.2. The third-order valence-corrected chi connectivity index (χ3v) is 4.70. The Morgan fingerprint density at radius 2 is 1.45 bits per heavy atom. The summed E-state index contributed by atoms with van der Waals surface area (Å²) in [5, 5.41) is 0. The molecule has 29 heavy (non-hydrogen) atoms. The van der Waals surface area contributed by atoms with Gasteiger partial charge in [0.1, 0.15) is 12.4 Å². The van der Waals surface area contributed by atoms with Gasteiger partial charge in [-0.2, -0.15) is 0 Å². The lowest BCUT2D eigenvalue weighted by Crippen LogP contribution is -1.95. The standard InChI is InChI=1S/C26H25FO2/c1-3-25(21-9-5-4-6-10-21)26(23-15-17-24(27)18-16-23)22-13-11-20(12-14-22)8-7-19-29-28-2/h4-18H,3,19H2,1-2H3/b8-7+,26-25+. The Kier molecular flexibility index (Phi) is 7.51. The maximum Gasteiger partial charge on any atom is 0.123 e. The van der Waals surface area contributed by atoms with Gasteiger partial charge in [0.2, 0.25) is 0 Å². The predicted molar refractivity (Wildman–Crippen MR) is 117 cm³/mol. The molecule has 3 aromatic rings. The molecule has 0 aliphatic carbocycles. The van der Waals surface area contributed by atoms with Crippen LogP contribution in [0.2, 0.25) is 0 Å². The SMILES string of the molecule is CC/C(=C(\c1ccc(F)cc1)c1ccc(/C=C/COOC)cc1)c1ccccc1. The molecule has 0 atom stereocenters. The van der Waals surface area contributed by atoms with Crippen LogP contribution in [0.4, 0.5) is 4.39 Å². The lowest BCUT2D eigenvalue weighted by molar-refractivity contribution is -0.263. The van der Waals surface area contributed by atoms with Crippen molar-refractivity contribution in [2.24, 2.45) is 0 Å². The molecule has 0 N–H and O–H groups in total. The lowest BCUT2D eigenvalue weighted by atomic mass is 9.88. The summed E-state index contributed by atoms with van der Waals surface area (Å²) < 4.78 is 13.5. The second kappa shape index (κ2) is 10.5. The molecule has 0 unspecified atom stereocenters. The van der Waals surface area contributed by atoms with Gasteiger partial charge in [-0.25, -0.2) is 14.2 Å². The van der Waals surface area contributed by atoms with Crippen LogP contribution in [0.5, 0.6) is 0 Å². The van der Waals surface area contributed by atoms with E-state index in [1.54, 1.807) is 0 Å². The summed E-state index contributed by atoms with van der Waals surface area (Å²) in [6.45, 7) is 2.55. The molecular formula is C26H25FO2. The summed E-state index contributed by atoms with van der Waals surface area (Å²) in [6.07, 6.45) is 4.76. The van der Waals surface area contributed by atoms with E-state index in [1.807, 2.05) is 42.5 Å². The van der Waals surface area contributed by atoms with E-state index < -0.39 is 0 Å². The number of hydrogen-bond acceptors (Lipinski definition) is 2. The highest BCUT2D eigenvalue weighted by Crippen LogP contribution is 2.34. The van der Waals surface area contributed by atoms with Crippen molar-refractivity contribution in [1.29, 1.82) is 0 Å². The summed E-state index contributed by atoms with van der Waals surface area (Å²) in [4.78, 5) is 9.44. The van der Waals surface area contributed by atoms with E-state index in [-0.39, 0.29) is 5.82 Å². The van der Waals surface area contributed by atoms with Crippen molar-refractivity contribution in [2.75, 3.05) is 13.7 Å². The van der Waals surface area contributed by atoms with Gasteiger partial charge in [-0.15, -0.1) is 0 Å². The van der Waals surface area contributed by atoms with Crippen molar-refractivity contribution in [3.63, 3.8) is 0 Å². The first-order valence-electron chi connectivity index (χ1n) is 9.70. The van der Waals surface area contributed by atoms with Crippen LogP contribution in [0.15, 0.2) is 84.9 Å². The van der Waals surface area contributed by atoms with E-state index in [0.29, 0.717) is 6.61 Å². The van der Waals surface area contributed by atoms with E-state index in [4.69, 9.17) is 4.89 Å². The summed E-state index contributed by atoms with van der Waals surface area (Å²) in [6, 6.07) is 25.4. The minimum atomic E-state index is -0.232. The summed E-state index contributed by atoms with van der Waals surface area (Å²) in [7, 11) is 1.49. The molecule has 2 nitrogen and oxygen atoms in total. The van der Waals surface area contributed by atoms with Crippen LogP contribution in [0, 0.1) is 5.82 Å². The zero-order valence-electron chi connectivity index (χ0n) is 16.8. The van der Waals surface area contributed by atoms with E-state index >= 15 is 0 Å². The molecule has 0 heterocycles. The van der Waals surface area contributed by atoms with Crippen LogP contribution < -0.4 is 0 Å². The van der Waals surface area contributed by atoms with Crippen LogP contribution in [0.1, 0.15) is 35.6 Å². The van der Waals surface area contributed by atoms with E-state index in [9.17, 15) is 4.39 Å². The summed E-state index contributed by atoms with van der Waals surface area (Å²) in [5.74, 6) is -0.232. The smallest absolute Gasteiger partial charge is 0.123 e. The number of allylic oxidation sites excluding steroid dienone is 1. The van der Waals surface area contributed by atoms with Crippen molar-refractivity contribution in [1.82, 2.24) is 0 Å². The van der Waals surface area contributed by atoms with Gasteiger partial charge in [0.25, 0.3) is 0 Å². The second-order valence-electron chi connectivity index (χ2n) is 6.56. The van der Waals surface area contributed by atoms with Crippen molar-refractivity contribution < 1.29 is 14.2 Å². The molecule has 148 valence electrons. The number of rotatable bonds is 8. The molecule has 0 saturated carbocycles. The highest BCUT2D eigenvalue weighted by molar-refractivity contribution is 5.98. The minimum Gasteiger partial charge on any atom is -0.240 e. The fraction of sp³-hybridized carbons (Fsp3) is 0.154. The molecule has 0 radical (unpaired) electrons. The van der Waals surface area contributed by atoms with Gasteiger partial charge in [0.15, 0.2) is 0 Å². The molecule has 0 aliphatic heterocycles. The Morgan fingerprint density at radius 1 is 0.828 bits per heavy atom. The van der Waals surface area contributed by atoms with Crippen molar-refractivity contribution in [3.05, 3.63) is 113 Å². The first kappa shape index (κ1) is 20.7. The first-order chi connectivity index (χ1) is 14.2. The molecule has 0 aromatic heterocycles. The fourth-order valence-electron chi connectivity index (χ4n) is 3.35. The Labute approximate surface area is 171 Å². The Balaban J connectivity index is 2.05. The Bertz CT molecular complexity index is 956. The molecule has 3 heteroatoms. The topological polar surface area (TPSA) is 18.5 Å². The summed E-state index contributed by atoms with van der Waals surface area (Å²) in [5.41, 5.74) is 6.71. The Morgan fingerprint density at radius 3 is 2.03 bits per heavy atom. The number of hydrogen-bond donors (Lipinski definition) is 0. The van der Waals surface area contributed by atoms with Gasteiger partial charge in [-0.1, -0.05) is 85.8 Å². The second-order valence-corrected chi connectivity index (χ2v) is 6.56. The quantitative estimate of drug-likeness (QED) is 0.183. The fourth-order valence-corrected chi connectivity index (χ4v) is 3.35. The Hall–Kier alpha value is -3.01. The van der Waals surface area contributed by atoms with Crippen LogP contribution in [0.3, 0.4) is 0 Å². The molecule has 0 bridgehead atoms. The molecule has 3 rings (SSSR count). The van der Waals surface area contributed by atoms with Crippen molar-refractivity contribution in [3.8, 4) is 0 Å². The minimum absolute atomic E-state index is 0.232. The number of benzene rings is 3.